The van der Waals surface area contributed by atoms with E-state index < -0.39 is 0 Å². The molecular formula is C30H56O3Zn2. The zero-order chi connectivity index (χ0) is 24.2. The fourth-order valence-corrected chi connectivity index (χ4v) is 4.15. The summed E-state index contributed by atoms with van der Waals surface area (Å²) in [5.41, 5.74) is 0. The second kappa shape index (κ2) is 34.1. The summed E-state index contributed by atoms with van der Waals surface area (Å²) in [5, 5.41) is 0. The van der Waals surface area contributed by atoms with Gasteiger partial charge in [0.2, 0.25) is 0 Å². The molecule has 0 fully saturated rings. The molecule has 0 spiro atoms. The van der Waals surface area contributed by atoms with Crippen LogP contribution in [0.15, 0.2) is 12.2 Å². The first kappa shape index (κ1) is 39.6. The van der Waals surface area contributed by atoms with Crippen LogP contribution in [-0.2, 0) is 53.3 Å². The largest absolute Gasteiger partial charge is 0.393 e. The fourth-order valence-electron chi connectivity index (χ4n) is 4.15. The second-order valence-electron chi connectivity index (χ2n) is 9.76. The smallest absolute Gasteiger partial charge is 0.313 e. The third-order valence-corrected chi connectivity index (χ3v) is 6.35. The zero-order valence-corrected chi connectivity index (χ0v) is 29.7. The average molecular weight is 596 g/mol. The van der Waals surface area contributed by atoms with Crippen molar-refractivity contribution in [2.75, 3.05) is 0 Å². The number of unbranched alkanes of at least 4 members (excludes halogenated alkanes) is 19. The van der Waals surface area contributed by atoms with Gasteiger partial charge in [-0.1, -0.05) is 129 Å². The Labute approximate surface area is 244 Å². The molecule has 0 amide bonds. The molecule has 0 unspecified atom stereocenters. The van der Waals surface area contributed by atoms with E-state index in [-0.39, 0.29) is 50.9 Å². The Bertz CT molecular complexity index is 467. The van der Waals surface area contributed by atoms with E-state index in [1.807, 2.05) is 0 Å². The van der Waals surface area contributed by atoms with Crippen LogP contribution in [0.25, 0.3) is 0 Å². The first-order valence-electron chi connectivity index (χ1n) is 14.6. The molecule has 35 heavy (non-hydrogen) atoms. The van der Waals surface area contributed by atoms with Gasteiger partial charge in [-0.3, -0.25) is 9.59 Å². The van der Waals surface area contributed by atoms with Crippen molar-refractivity contribution in [3.05, 3.63) is 12.2 Å². The van der Waals surface area contributed by atoms with Crippen LogP contribution in [-0.4, -0.2) is 11.9 Å². The Morgan fingerprint density at radius 3 is 1.09 bits per heavy atom. The maximum atomic E-state index is 11.8. The standard InChI is InChI=1S/C30H56O3.2Zn/c1-3-5-7-9-11-13-14-15-16-17-18-20-22-24-26-28-30(32)33-29(31)27-25-23-21-19-12-10-8-6-4-2;;/h15-16H,3-14,17-28H2,1-2H3;;/b16-15-;;. The van der Waals surface area contributed by atoms with Crippen molar-refractivity contribution in [1.29, 1.82) is 0 Å². The molecule has 0 aliphatic heterocycles. The summed E-state index contributed by atoms with van der Waals surface area (Å²) in [6.07, 6.45) is 32.5. The number of rotatable bonds is 25. The molecule has 0 aromatic heterocycles. The van der Waals surface area contributed by atoms with Gasteiger partial charge in [-0.15, -0.1) is 0 Å². The summed E-state index contributed by atoms with van der Waals surface area (Å²) in [7, 11) is 0. The predicted octanol–water partition coefficient (Wildman–Crippen LogP) is 10.0. The van der Waals surface area contributed by atoms with E-state index in [4.69, 9.17) is 4.74 Å². The van der Waals surface area contributed by atoms with Crippen molar-refractivity contribution in [1.82, 2.24) is 0 Å². The van der Waals surface area contributed by atoms with Crippen molar-refractivity contribution in [2.45, 2.75) is 168 Å². The van der Waals surface area contributed by atoms with Gasteiger partial charge in [-0.25, -0.2) is 0 Å². The molecule has 0 aromatic carbocycles. The van der Waals surface area contributed by atoms with Crippen LogP contribution in [0.1, 0.15) is 168 Å². The molecule has 0 N–H and O–H groups in total. The van der Waals surface area contributed by atoms with Crippen LogP contribution >= 0.6 is 0 Å². The molecule has 0 aromatic rings. The molecule has 3 nitrogen and oxygen atoms in total. The van der Waals surface area contributed by atoms with Gasteiger partial charge >= 0.3 is 11.9 Å². The van der Waals surface area contributed by atoms with E-state index in [2.05, 4.69) is 26.0 Å². The third kappa shape index (κ3) is 34.1. The van der Waals surface area contributed by atoms with Crippen LogP contribution in [0, 0.1) is 0 Å². The van der Waals surface area contributed by atoms with Gasteiger partial charge in [0.25, 0.3) is 0 Å². The first-order chi connectivity index (χ1) is 16.2. The number of esters is 2. The quantitative estimate of drug-likeness (QED) is 0.0347. The summed E-state index contributed by atoms with van der Waals surface area (Å²) in [6, 6.07) is 0. The molecule has 5 heteroatoms. The summed E-state index contributed by atoms with van der Waals surface area (Å²) >= 11 is 0. The van der Waals surface area contributed by atoms with Gasteiger partial charge < -0.3 is 4.74 Å². The number of carbonyl (C=O) groups excluding carboxylic acids is 2. The predicted molar refractivity (Wildman–Crippen MR) is 142 cm³/mol. The van der Waals surface area contributed by atoms with Crippen LogP contribution in [0.5, 0.6) is 0 Å². The van der Waals surface area contributed by atoms with Gasteiger partial charge in [0, 0.05) is 51.8 Å². The summed E-state index contributed by atoms with van der Waals surface area (Å²) in [4.78, 5) is 23.6. The van der Waals surface area contributed by atoms with E-state index in [1.165, 1.54) is 109 Å². The molecule has 0 rings (SSSR count). The minimum atomic E-state index is -0.339. The van der Waals surface area contributed by atoms with E-state index in [0.29, 0.717) is 12.8 Å². The molecule has 0 atom stereocenters. The molecule has 0 radical (unpaired) electrons. The molecule has 198 valence electrons. The number of hydrogen-bond donors (Lipinski definition) is 0. The normalized spacial score (nSPS) is 10.7. The van der Waals surface area contributed by atoms with E-state index in [1.54, 1.807) is 0 Å². The van der Waals surface area contributed by atoms with E-state index in [9.17, 15) is 9.59 Å². The maximum Gasteiger partial charge on any atom is 0.313 e. The van der Waals surface area contributed by atoms with Gasteiger partial charge in [-0.05, 0) is 38.5 Å². The third-order valence-electron chi connectivity index (χ3n) is 6.35. The second-order valence-corrected chi connectivity index (χ2v) is 9.76. The monoisotopic (exact) mass is 592 g/mol. The summed E-state index contributed by atoms with van der Waals surface area (Å²) in [6.45, 7) is 4.50. The summed E-state index contributed by atoms with van der Waals surface area (Å²) in [5.74, 6) is -0.677. The molecular weight excluding hydrogens is 539 g/mol. The van der Waals surface area contributed by atoms with Crippen molar-refractivity contribution in [2.24, 2.45) is 0 Å². The van der Waals surface area contributed by atoms with Crippen molar-refractivity contribution in [3.8, 4) is 0 Å². The number of carbonyl (C=O) groups is 2. The zero-order valence-electron chi connectivity index (χ0n) is 23.8. The molecule has 0 saturated carbocycles. The number of ether oxygens (including phenoxy) is 1. The first-order valence-corrected chi connectivity index (χ1v) is 14.6. The Morgan fingerprint density at radius 2 is 0.743 bits per heavy atom. The van der Waals surface area contributed by atoms with Crippen molar-refractivity contribution >= 4 is 11.9 Å². The Balaban J connectivity index is -0.00000512. The Kier molecular flexibility index (Phi) is 38.6. The number of allylic oxidation sites excluding steroid dienone is 2. The van der Waals surface area contributed by atoms with Gasteiger partial charge in [0.1, 0.15) is 0 Å². The minimum absolute atomic E-state index is 0. The van der Waals surface area contributed by atoms with Gasteiger partial charge in [-0.2, -0.15) is 0 Å². The van der Waals surface area contributed by atoms with Gasteiger partial charge in [0.05, 0.1) is 0 Å². The maximum absolute atomic E-state index is 11.8. The van der Waals surface area contributed by atoms with Crippen LogP contribution in [0.4, 0.5) is 0 Å². The SMILES string of the molecule is CCCCCCCC/C=C\CCCCCCCC(=O)OC(=O)CCCCCCCCCCC.[Zn].[Zn]. The molecule has 0 bridgehead atoms. The molecule has 0 heterocycles. The molecule has 0 aliphatic carbocycles. The van der Waals surface area contributed by atoms with Crippen molar-refractivity contribution in [3.63, 3.8) is 0 Å². The summed E-state index contributed by atoms with van der Waals surface area (Å²) < 4.78 is 4.95. The van der Waals surface area contributed by atoms with Crippen LogP contribution in [0.2, 0.25) is 0 Å². The molecule has 0 aliphatic rings. The Hall–Kier alpha value is 0.127. The minimum Gasteiger partial charge on any atom is -0.393 e. The van der Waals surface area contributed by atoms with E-state index >= 15 is 0 Å². The molecule has 0 saturated heterocycles. The Morgan fingerprint density at radius 1 is 0.457 bits per heavy atom. The number of hydrogen-bond acceptors (Lipinski definition) is 3. The fraction of sp³-hybridized carbons (Fsp3) is 0.867. The van der Waals surface area contributed by atoms with E-state index in [0.717, 1.165) is 32.1 Å². The van der Waals surface area contributed by atoms with Gasteiger partial charge in [0.15, 0.2) is 0 Å². The van der Waals surface area contributed by atoms with Crippen LogP contribution < -0.4 is 0 Å². The van der Waals surface area contributed by atoms with Crippen LogP contribution in [0.3, 0.4) is 0 Å². The van der Waals surface area contributed by atoms with Crippen molar-refractivity contribution < 1.29 is 53.3 Å². The topological polar surface area (TPSA) is 43.4 Å². The average Bonchev–Trinajstić information content (AvgIpc) is 2.80.